The fourth-order valence-corrected chi connectivity index (χ4v) is 3.14. The van der Waals surface area contributed by atoms with Crippen LogP contribution in [0.1, 0.15) is 24.1 Å². The van der Waals surface area contributed by atoms with E-state index in [0.717, 1.165) is 26.9 Å². The third-order valence-electron chi connectivity index (χ3n) is 3.14. The Morgan fingerprint density at radius 3 is 2.45 bits per heavy atom. The summed E-state index contributed by atoms with van der Waals surface area (Å²) in [5, 5.41) is 4.30. The highest BCUT2D eigenvalue weighted by Crippen LogP contribution is 2.29. The van der Waals surface area contributed by atoms with Crippen LogP contribution in [0.5, 0.6) is 0 Å². The van der Waals surface area contributed by atoms with Gasteiger partial charge < -0.3 is 5.32 Å². The monoisotopic (exact) mass is 415 g/mol. The molecule has 0 aliphatic heterocycles. The van der Waals surface area contributed by atoms with Crippen LogP contribution in [0.2, 0.25) is 5.02 Å². The van der Waals surface area contributed by atoms with Crippen LogP contribution < -0.4 is 5.32 Å². The number of hydrogen-bond donors (Lipinski definition) is 1. The van der Waals surface area contributed by atoms with Gasteiger partial charge in [0.05, 0.1) is 0 Å². The van der Waals surface area contributed by atoms with E-state index < -0.39 is 0 Å². The zero-order valence-corrected chi connectivity index (χ0v) is 15.1. The van der Waals surface area contributed by atoms with Crippen molar-refractivity contribution in [2.75, 3.05) is 6.54 Å². The van der Waals surface area contributed by atoms with E-state index in [9.17, 15) is 0 Å². The molecule has 1 atom stereocenters. The smallest absolute Gasteiger partial charge is 0.0410 e. The molecule has 2 rings (SSSR count). The number of rotatable bonds is 5. The largest absolute Gasteiger partial charge is 0.310 e. The van der Waals surface area contributed by atoms with Gasteiger partial charge in [-0.1, -0.05) is 62.5 Å². The maximum atomic E-state index is 6.13. The SMILES string of the molecule is CCNC(Cc1ccc(Br)cc1)c1cc(Cl)ccc1Br. The molecule has 0 heterocycles. The van der Waals surface area contributed by atoms with E-state index in [-0.39, 0.29) is 6.04 Å². The highest BCUT2D eigenvalue weighted by molar-refractivity contribution is 9.10. The molecule has 1 nitrogen and oxygen atoms in total. The van der Waals surface area contributed by atoms with Gasteiger partial charge in [0.2, 0.25) is 0 Å². The summed E-state index contributed by atoms with van der Waals surface area (Å²) in [5.74, 6) is 0. The van der Waals surface area contributed by atoms with Crippen LogP contribution in [0.3, 0.4) is 0 Å². The molecule has 2 aromatic carbocycles. The molecule has 0 fully saturated rings. The van der Waals surface area contributed by atoms with Gasteiger partial charge in [-0.2, -0.15) is 0 Å². The molecule has 0 amide bonds. The Labute approximate surface area is 142 Å². The molecule has 4 heteroatoms. The van der Waals surface area contributed by atoms with Gasteiger partial charge in [-0.25, -0.2) is 0 Å². The van der Waals surface area contributed by atoms with Crippen molar-refractivity contribution in [2.45, 2.75) is 19.4 Å². The summed E-state index contributed by atoms with van der Waals surface area (Å²) >= 11 is 13.2. The third kappa shape index (κ3) is 4.32. The van der Waals surface area contributed by atoms with Crippen molar-refractivity contribution < 1.29 is 0 Å². The summed E-state index contributed by atoms with van der Waals surface area (Å²) in [6.07, 6.45) is 0.931. The van der Waals surface area contributed by atoms with Crippen molar-refractivity contribution in [2.24, 2.45) is 0 Å². The van der Waals surface area contributed by atoms with Crippen LogP contribution in [0.25, 0.3) is 0 Å². The van der Waals surface area contributed by atoms with Crippen molar-refractivity contribution in [1.82, 2.24) is 5.32 Å². The number of benzene rings is 2. The van der Waals surface area contributed by atoms with Crippen molar-refractivity contribution in [3.8, 4) is 0 Å². The van der Waals surface area contributed by atoms with Crippen molar-refractivity contribution in [3.63, 3.8) is 0 Å². The van der Waals surface area contributed by atoms with Crippen LogP contribution in [0.4, 0.5) is 0 Å². The first-order valence-corrected chi connectivity index (χ1v) is 8.49. The topological polar surface area (TPSA) is 12.0 Å². The average molecular weight is 418 g/mol. The van der Waals surface area contributed by atoms with Gasteiger partial charge >= 0.3 is 0 Å². The summed E-state index contributed by atoms with van der Waals surface area (Å²) in [7, 11) is 0. The molecule has 0 saturated carbocycles. The summed E-state index contributed by atoms with van der Waals surface area (Å²) < 4.78 is 2.19. The van der Waals surface area contributed by atoms with Crippen molar-refractivity contribution in [3.05, 3.63) is 67.6 Å². The Balaban J connectivity index is 2.26. The van der Waals surface area contributed by atoms with Crippen LogP contribution in [-0.4, -0.2) is 6.54 Å². The molecule has 0 aliphatic carbocycles. The molecule has 0 aromatic heterocycles. The van der Waals surface area contributed by atoms with E-state index in [1.807, 2.05) is 18.2 Å². The minimum Gasteiger partial charge on any atom is -0.310 e. The molecule has 1 unspecified atom stereocenters. The van der Waals surface area contributed by atoms with E-state index in [0.29, 0.717) is 0 Å². The third-order valence-corrected chi connectivity index (χ3v) is 4.62. The molecule has 1 N–H and O–H groups in total. The van der Waals surface area contributed by atoms with E-state index in [4.69, 9.17) is 11.6 Å². The van der Waals surface area contributed by atoms with Gasteiger partial charge in [-0.3, -0.25) is 0 Å². The summed E-state index contributed by atoms with van der Waals surface area (Å²) in [4.78, 5) is 0. The summed E-state index contributed by atoms with van der Waals surface area (Å²) in [6, 6.07) is 14.6. The Bertz CT molecular complexity index is 569. The lowest BCUT2D eigenvalue weighted by Crippen LogP contribution is -2.23. The predicted molar refractivity (Wildman–Crippen MR) is 93.4 cm³/mol. The minimum absolute atomic E-state index is 0.245. The predicted octanol–water partition coefficient (Wildman–Crippen LogP) is 5.76. The second-order valence-corrected chi connectivity index (χ2v) is 6.81. The van der Waals surface area contributed by atoms with Gasteiger partial charge in [0, 0.05) is 20.0 Å². The lowest BCUT2D eigenvalue weighted by atomic mass is 9.99. The van der Waals surface area contributed by atoms with Crippen LogP contribution in [-0.2, 0) is 6.42 Å². The lowest BCUT2D eigenvalue weighted by Gasteiger charge is -2.20. The summed E-state index contributed by atoms with van der Waals surface area (Å²) in [5.41, 5.74) is 2.49. The molecule has 2 aromatic rings. The quantitative estimate of drug-likeness (QED) is 0.652. The van der Waals surface area contributed by atoms with E-state index >= 15 is 0 Å². The van der Waals surface area contributed by atoms with Crippen molar-refractivity contribution in [1.29, 1.82) is 0 Å². The Kier molecular flexibility index (Phi) is 6.09. The maximum Gasteiger partial charge on any atom is 0.0410 e. The second-order valence-electron chi connectivity index (χ2n) is 4.61. The molecule has 0 radical (unpaired) electrons. The maximum absolute atomic E-state index is 6.13. The standard InChI is InChI=1S/C16H16Br2ClN/c1-2-20-16(9-11-3-5-12(17)6-4-11)14-10-13(19)7-8-15(14)18/h3-8,10,16,20H,2,9H2,1H3. The zero-order valence-electron chi connectivity index (χ0n) is 11.2. The average Bonchev–Trinajstić information content (AvgIpc) is 2.43. The van der Waals surface area contributed by atoms with Crippen LogP contribution in [0.15, 0.2) is 51.4 Å². The number of nitrogens with one attached hydrogen (secondary N) is 1. The molecule has 0 spiro atoms. The van der Waals surface area contributed by atoms with Crippen molar-refractivity contribution >= 4 is 43.5 Å². The van der Waals surface area contributed by atoms with Gasteiger partial charge in [-0.15, -0.1) is 0 Å². The molecule has 0 saturated heterocycles. The Hall–Kier alpha value is -0.350. The molecule has 0 bridgehead atoms. The fraction of sp³-hybridized carbons (Fsp3) is 0.250. The van der Waals surface area contributed by atoms with E-state index in [2.05, 4.69) is 68.4 Å². The van der Waals surface area contributed by atoms with Gasteiger partial charge in [0.1, 0.15) is 0 Å². The molecule has 20 heavy (non-hydrogen) atoms. The fourth-order valence-electron chi connectivity index (χ4n) is 2.18. The van der Waals surface area contributed by atoms with Gasteiger partial charge in [0.25, 0.3) is 0 Å². The molecule has 106 valence electrons. The normalized spacial score (nSPS) is 12.4. The number of halogens is 3. The van der Waals surface area contributed by atoms with Gasteiger partial charge in [-0.05, 0) is 54.4 Å². The first kappa shape index (κ1) is 16.0. The summed E-state index contributed by atoms with van der Waals surface area (Å²) in [6.45, 7) is 3.03. The second kappa shape index (κ2) is 7.60. The van der Waals surface area contributed by atoms with Gasteiger partial charge in [0.15, 0.2) is 0 Å². The van der Waals surface area contributed by atoms with E-state index in [1.54, 1.807) is 0 Å². The van der Waals surface area contributed by atoms with Crippen LogP contribution >= 0.6 is 43.5 Å². The molecule has 0 aliphatic rings. The molecular weight excluding hydrogens is 401 g/mol. The first-order chi connectivity index (χ1) is 9.60. The Morgan fingerprint density at radius 1 is 1.10 bits per heavy atom. The molecular formula is C16H16Br2ClN. The Morgan fingerprint density at radius 2 is 1.80 bits per heavy atom. The highest BCUT2D eigenvalue weighted by atomic mass is 79.9. The number of hydrogen-bond acceptors (Lipinski definition) is 1. The highest BCUT2D eigenvalue weighted by Gasteiger charge is 2.14. The van der Waals surface area contributed by atoms with Crippen LogP contribution in [0, 0.1) is 0 Å². The number of likely N-dealkylation sites (N-methyl/N-ethyl adjacent to an activating group) is 1. The first-order valence-electron chi connectivity index (χ1n) is 6.53. The minimum atomic E-state index is 0.245. The lowest BCUT2D eigenvalue weighted by molar-refractivity contribution is 0.548. The zero-order chi connectivity index (χ0) is 14.5. The van der Waals surface area contributed by atoms with E-state index in [1.165, 1.54) is 11.1 Å².